The van der Waals surface area contributed by atoms with Gasteiger partial charge in [-0.25, -0.2) is 4.79 Å². The number of carbonyl (C=O) groups is 3. The lowest BCUT2D eigenvalue weighted by Crippen LogP contribution is -2.57. The van der Waals surface area contributed by atoms with Crippen LogP contribution in [0.2, 0.25) is 0 Å². The van der Waals surface area contributed by atoms with E-state index in [2.05, 4.69) is 12.2 Å². The van der Waals surface area contributed by atoms with E-state index in [0.29, 0.717) is 37.5 Å². The van der Waals surface area contributed by atoms with Gasteiger partial charge in [0.05, 0.1) is 0 Å². The minimum atomic E-state index is -1.20. The van der Waals surface area contributed by atoms with Gasteiger partial charge in [0, 0.05) is 24.7 Å². The Labute approximate surface area is 158 Å². The van der Waals surface area contributed by atoms with Crippen LogP contribution in [0.4, 0.5) is 5.69 Å². The number of carboxylic acids is 1. The van der Waals surface area contributed by atoms with E-state index >= 15 is 0 Å². The van der Waals surface area contributed by atoms with Crippen LogP contribution in [0.3, 0.4) is 0 Å². The number of hydrogen-bond donors (Lipinski definition) is 2. The summed E-state index contributed by atoms with van der Waals surface area (Å²) in [6.45, 7) is 2.51. The summed E-state index contributed by atoms with van der Waals surface area (Å²) in [5.41, 5.74) is -0.449. The summed E-state index contributed by atoms with van der Waals surface area (Å²) in [5.74, 6) is -0.405. The van der Waals surface area contributed by atoms with Crippen molar-refractivity contribution in [3.05, 3.63) is 24.3 Å². The average Bonchev–Trinajstić information content (AvgIpc) is 3.08. The monoisotopic (exact) mass is 374 g/mol. The molecule has 1 aliphatic carbocycles. The summed E-state index contributed by atoms with van der Waals surface area (Å²) >= 11 is 0. The molecule has 2 amide bonds. The molecule has 27 heavy (non-hydrogen) atoms. The van der Waals surface area contributed by atoms with Crippen LogP contribution >= 0.6 is 0 Å². The molecule has 2 aliphatic rings. The fourth-order valence-corrected chi connectivity index (χ4v) is 3.76. The molecule has 2 N–H and O–H groups in total. The molecule has 1 saturated heterocycles. The van der Waals surface area contributed by atoms with E-state index in [9.17, 15) is 19.5 Å². The molecule has 146 valence electrons. The van der Waals surface area contributed by atoms with Gasteiger partial charge in [0.1, 0.15) is 11.3 Å². The molecule has 0 spiro atoms. The lowest BCUT2D eigenvalue weighted by molar-refractivity contribution is -0.150. The van der Waals surface area contributed by atoms with Crippen molar-refractivity contribution in [3.63, 3.8) is 0 Å². The van der Waals surface area contributed by atoms with Crippen molar-refractivity contribution in [2.24, 2.45) is 5.92 Å². The lowest BCUT2D eigenvalue weighted by atomic mass is 9.77. The number of carbonyl (C=O) groups excluding carboxylic acids is 2. The molecule has 2 fully saturated rings. The summed E-state index contributed by atoms with van der Waals surface area (Å²) in [5, 5.41) is 12.3. The maximum Gasteiger partial charge on any atom is 0.329 e. The first-order valence-electron chi connectivity index (χ1n) is 9.47. The Bertz CT molecular complexity index is 725. The number of amides is 2. The van der Waals surface area contributed by atoms with Gasteiger partial charge < -0.3 is 20.1 Å². The van der Waals surface area contributed by atoms with Crippen molar-refractivity contribution in [1.82, 2.24) is 5.32 Å². The van der Waals surface area contributed by atoms with Crippen LogP contribution in [0.25, 0.3) is 0 Å². The third kappa shape index (κ3) is 4.40. The Morgan fingerprint density at radius 2 is 2.07 bits per heavy atom. The maximum atomic E-state index is 12.3. The minimum Gasteiger partial charge on any atom is -0.484 e. The van der Waals surface area contributed by atoms with E-state index in [1.54, 1.807) is 23.1 Å². The van der Waals surface area contributed by atoms with E-state index in [1.165, 1.54) is 0 Å². The van der Waals surface area contributed by atoms with Crippen molar-refractivity contribution in [3.8, 4) is 5.75 Å². The molecule has 0 aromatic heterocycles. The zero-order valence-electron chi connectivity index (χ0n) is 15.6. The van der Waals surface area contributed by atoms with Crippen molar-refractivity contribution in [1.29, 1.82) is 0 Å². The molecule has 0 radical (unpaired) electrons. The molecule has 1 aromatic rings. The SMILES string of the molecule is CC1CCC(NC(=O)COc2cccc(N3CCCC3=O)c2)(C(=O)O)CC1. The number of carboxylic acid groups (broad SMARTS) is 1. The van der Waals surface area contributed by atoms with Crippen LogP contribution in [-0.4, -0.2) is 41.6 Å². The molecule has 3 rings (SSSR count). The molecule has 1 aliphatic heterocycles. The Morgan fingerprint density at radius 1 is 1.33 bits per heavy atom. The molecule has 1 heterocycles. The summed E-state index contributed by atoms with van der Waals surface area (Å²) in [6.07, 6.45) is 3.80. The molecule has 0 atom stereocenters. The van der Waals surface area contributed by atoms with Crippen molar-refractivity contribution in [2.45, 2.75) is 51.0 Å². The highest BCUT2D eigenvalue weighted by Gasteiger charge is 2.42. The fraction of sp³-hybridized carbons (Fsp3) is 0.550. The number of ether oxygens (including phenoxy) is 1. The molecular weight excluding hydrogens is 348 g/mol. The van der Waals surface area contributed by atoms with Gasteiger partial charge in [-0.15, -0.1) is 0 Å². The van der Waals surface area contributed by atoms with Crippen LogP contribution in [0.5, 0.6) is 5.75 Å². The van der Waals surface area contributed by atoms with Crippen LogP contribution in [0, 0.1) is 5.92 Å². The number of aliphatic carboxylic acids is 1. The molecule has 0 unspecified atom stereocenters. The highest BCUT2D eigenvalue weighted by atomic mass is 16.5. The van der Waals surface area contributed by atoms with Gasteiger partial charge >= 0.3 is 5.97 Å². The van der Waals surface area contributed by atoms with E-state index in [1.807, 2.05) is 6.07 Å². The average molecular weight is 374 g/mol. The van der Waals surface area contributed by atoms with E-state index in [-0.39, 0.29) is 12.5 Å². The van der Waals surface area contributed by atoms with Crippen LogP contribution < -0.4 is 15.0 Å². The van der Waals surface area contributed by atoms with E-state index in [0.717, 1.165) is 24.9 Å². The fourth-order valence-electron chi connectivity index (χ4n) is 3.76. The number of nitrogens with zero attached hydrogens (tertiary/aromatic N) is 1. The summed E-state index contributed by atoms with van der Waals surface area (Å²) in [4.78, 5) is 37.6. The number of benzene rings is 1. The molecular formula is C20H26N2O5. The number of nitrogens with one attached hydrogen (secondary N) is 1. The maximum absolute atomic E-state index is 12.3. The van der Waals surface area contributed by atoms with Gasteiger partial charge in [0.15, 0.2) is 6.61 Å². The zero-order chi connectivity index (χ0) is 19.4. The van der Waals surface area contributed by atoms with Gasteiger partial charge in [-0.3, -0.25) is 9.59 Å². The largest absolute Gasteiger partial charge is 0.484 e. The van der Waals surface area contributed by atoms with E-state index in [4.69, 9.17) is 4.74 Å². The van der Waals surface area contributed by atoms with Gasteiger partial charge in [-0.2, -0.15) is 0 Å². The third-order valence-corrected chi connectivity index (χ3v) is 5.49. The molecule has 1 saturated carbocycles. The molecule has 0 bridgehead atoms. The third-order valence-electron chi connectivity index (χ3n) is 5.49. The quantitative estimate of drug-likeness (QED) is 0.797. The topological polar surface area (TPSA) is 95.9 Å². The van der Waals surface area contributed by atoms with Crippen LogP contribution in [0.15, 0.2) is 24.3 Å². The Balaban J connectivity index is 1.59. The zero-order valence-corrected chi connectivity index (χ0v) is 15.6. The number of anilines is 1. The van der Waals surface area contributed by atoms with Crippen molar-refractivity contribution >= 4 is 23.5 Å². The highest BCUT2D eigenvalue weighted by molar-refractivity contribution is 5.95. The normalized spacial score (nSPS) is 25.3. The highest BCUT2D eigenvalue weighted by Crippen LogP contribution is 2.32. The van der Waals surface area contributed by atoms with Crippen LogP contribution in [0.1, 0.15) is 45.4 Å². The Morgan fingerprint density at radius 3 is 2.70 bits per heavy atom. The second kappa shape index (κ2) is 7.98. The number of rotatable bonds is 6. The second-order valence-electron chi connectivity index (χ2n) is 7.55. The van der Waals surface area contributed by atoms with Crippen molar-refractivity contribution < 1.29 is 24.2 Å². The predicted molar refractivity (Wildman–Crippen MR) is 99.7 cm³/mol. The molecule has 7 nitrogen and oxygen atoms in total. The van der Waals surface area contributed by atoms with E-state index < -0.39 is 17.4 Å². The summed E-state index contributed by atoms with van der Waals surface area (Å²) in [7, 11) is 0. The smallest absolute Gasteiger partial charge is 0.329 e. The van der Waals surface area contributed by atoms with Gasteiger partial charge in [-0.05, 0) is 50.2 Å². The first-order chi connectivity index (χ1) is 12.9. The van der Waals surface area contributed by atoms with Gasteiger partial charge in [0.25, 0.3) is 5.91 Å². The number of hydrogen-bond acceptors (Lipinski definition) is 4. The van der Waals surface area contributed by atoms with Gasteiger partial charge in [0.2, 0.25) is 5.91 Å². The minimum absolute atomic E-state index is 0.0832. The lowest BCUT2D eigenvalue weighted by Gasteiger charge is -2.36. The van der Waals surface area contributed by atoms with Gasteiger partial charge in [-0.1, -0.05) is 13.0 Å². The first kappa shape index (κ1) is 19.2. The van der Waals surface area contributed by atoms with Crippen LogP contribution in [-0.2, 0) is 14.4 Å². The first-order valence-corrected chi connectivity index (χ1v) is 9.47. The summed E-state index contributed by atoms with van der Waals surface area (Å²) < 4.78 is 5.55. The predicted octanol–water partition coefficient (Wildman–Crippen LogP) is 2.34. The molecule has 7 heteroatoms. The second-order valence-corrected chi connectivity index (χ2v) is 7.55. The Hall–Kier alpha value is -2.57. The van der Waals surface area contributed by atoms with Crippen molar-refractivity contribution in [2.75, 3.05) is 18.1 Å². The Kier molecular flexibility index (Phi) is 5.68. The standard InChI is InChI=1S/C20H26N2O5/c1-14-7-9-20(10-8-14,19(25)26)21-17(23)13-27-16-5-2-4-15(12-16)22-11-3-6-18(22)24/h2,4-5,12,14H,3,6-11,13H2,1H3,(H,21,23)(H,25,26). The summed E-state index contributed by atoms with van der Waals surface area (Å²) in [6, 6.07) is 7.05. The molecule has 1 aromatic carbocycles.